The number of carboxylic acids is 1. The molecule has 6 heteroatoms. The molecule has 0 bridgehead atoms. The van der Waals surface area contributed by atoms with Crippen LogP contribution in [-0.2, 0) is 7.05 Å². The van der Waals surface area contributed by atoms with E-state index in [1.807, 2.05) is 0 Å². The molecule has 1 N–H and O–H groups in total. The summed E-state index contributed by atoms with van der Waals surface area (Å²) in [6.07, 6.45) is 0.358. The normalized spacial score (nSPS) is 9.55. The number of rotatable bonds is 2. The molecule has 0 fully saturated rings. The van der Waals surface area contributed by atoms with E-state index in [-0.39, 0.29) is 11.4 Å². The van der Waals surface area contributed by atoms with Crippen molar-refractivity contribution in [2.45, 2.75) is 0 Å². The zero-order valence-electron chi connectivity index (χ0n) is 5.68. The predicted octanol–water partition coefficient (Wildman–Crippen LogP) is -0.674. The highest BCUT2D eigenvalue weighted by molar-refractivity contribution is 5.93. The number of carboxylic acid groups (broad SMARTS) is 1. The summed E-state index contributed by atoms with van der Waals surface area (Å²) < 4.78 is 0. The summed E-state index contributed by atoms with van der Waals surface area (Å²) in [5, 5.41) is 15.4. The van der Waals surface area contributed by atoms with Gasteiger partial charge in [-0.15, -0.1) is 10.2 Å². The lowest BCUT2D eigenvalue weighted by atomic mass is 10.3. The molecule has 0 atom stereocenters. The third kappa shape index (κ3) is 1.23. The Hall–Kier alpha value is -1.72. The number of nitrogens with zero attached hydrogens (tertiary/aromatic N) is 3. The van der Waals surface area contributed by atoms with Crippen molar-refractivity contribution in [3.63, 3.8) is 0 Å². The van der Waals surface area contributed by atoms with E-state index in [0.717, 1.165) is 4.80 Å². The third-order valence-electron chi connectivity index (χ3n) is 1.05. The van der Waals surface area contributed by atoms with E-state index in [1.165, 1.54) is 7.05 Å². The topological polar surface area (TPSA) is 85.1 Å². The fourth-order valence-corrected chi connectivity index (χ4v) is 0.653. The van der Waals surface area contributed by atoms with Crippen molar-refractivity contribution in [2.75, 3.05) is 0 Å². The molecule has 1 rings (SSSR count). The van der Waals surface area contributed by atoms with E-state index in [2.05, 4.69) is 10.2 Å². The van der Waals surface area contributed by atoms with E-state index in [4.69, 9.17) is 5.11 Å². The average molecular weight is 155 g/mol. The van der Waals surface area contributed by atoms with E-state index < -0.39 is 5.97 Å². The number of aromatic nitrogens is 3. The van der Waals surface area contributed by atoms with E-state index in [0.29, 0.717) is 6.29 Å². The molecule has 0 radical (unpaired) electrons. The molecule has 0 saturated heterocycles. The highest BCUT2D eigenvalue weighted by atomic mass is 16.4. The Kier molecular flexibility index (Phi) is 1.67. The monoisotopic (exact) mass is 155 g/mol. The van der Waals surface area contributed by atoms with Crippen LogP contribution in [0.25, 0.3) is 0 Å². The van der Waals surface area contributed by atoms with Crippen LogP contribution >= 0.6 is 0 Å². The summed E-state index contributed by atoms with van der Waals surface area (Å²) in [6, 6.07) is 0. The second-order valence-electron chi connectivity index (χ2n) is 1.85. The molecule has 0 aromatic carbocycles. The standard InChI is InChI=1S/C5H5N3O3/c1-8-6-3(2-9)4(7-8)5(10)11/h2H,1H3,(H,10,11). The van der Waals surface area contributed by atoms with Crippen molar-refractivity contribution in [3.8, 4) is 0 Å². The Morgan fingerprint density at radius 3 is 2.64 bits per heavy atom. The Labute approximate surface area is 61.4 Å². The zero-order valence-corrected chi connectivity index (χ0v) is 5.68. The summed E-state index contributed by atoms with van der Waals surface area (Å²) >= 11 is 0. The fraction of sp³-hybridized carbons (Fsp3) is 0.200. The van der Waals surface area contributed by atoms with Crippen molar-refractivity contribution < 1.29 is 14.7 Å². The third-order valence-corrected chi connectivity index (χ3v) is 1.05. The molecule has 0 unspecified atom stereocenters. The Morgan fingerprint density at radius 1 is 1.64 bits per heavy atom. The largest absolute Gasteiger partial charge is 0.476 e. The maximum Gasteiger partial charge on any atom is 0.358 e. The van der Waals surface area contributed by atoms with Crippen LogP contribution in [0.4, 0.5) is 0 Å². The molecule has 0 aliphatic carbocycles. The number of carbonyl (C=O) groups is 2. The summed E-state index contributed by atoms with van der Waals surface area (Å²) in [4.78, 5) is 21.5. The van der Waals surface area contributed by atoms with Crippen LogP contribution in [0.15, 0.2) is 0 Å². The fourth-order valence-electron chi connectivity index (χ4n) is 0.653. The van der Waals surface area contributed by atoms with Gasteiger partial charge in [0, 0.05) is 7.05 Å². The number of hydrogen-bond donors (Lipinski definition) is 1. The smallest absolute Gasteiger partial charge is 0.358 e. The van der Waals surface area contributed by atoms with Crippen molar-refractivity contribution in [2.24, 2.45) is 7.05 Å². The minimum atomic E-state index is -1.25. The Morgan fingerprint density at radius 2 is 2.27 bits per heavy atom. The van der Waals surface area contributed by atoms with E-state index >= 15 is 0 Å². The van der Waals surface area contributed by atoms with Crippen LogP contribution < -0.4 is 0 Å². The Bertz CT molecular complexity index is 304. The van der Waals surface area contributed by atoms with Gasteiger partial charge < -0.3 is 5.11 Å². The molecule has 1 heterocycles. The second-order valence-corrected chi connectivity index (χ2v) is 1.85. The van der Waals surface area contributed by atoms with Crippen LogP contribution in [-0.4, -0.2) is 32.4 Å². The summed E-state index contributed by atoms with van der Waals surface area (Å²) in [7, 11) is 1.44. The van der Waals surface area contributed by atoms with Gasteiger partial charge >= 0.3 is 5.97 Å². The quantitative estimate of drug-likeness (QED) is 0.572. The Balaban J connectivity index is 3.22. The maximum absolute atomic E-state index is 10.3. The van der Waals surface area contributed by atoms with Crippen molar-refractivity contribution in [1.29, 1.82) is 0 Å². The van der Waals surface area contributed by atoms with Gasteiger partial charge in [0.15, 0.2) is 12.0 Å². The molecular formula is C5H5N3O3. The number of carbonyl (C=O) groups excluding carboxylic acids is 1. The summed E-state index contributed by atoms with van der Waals surface area (Å²) in [5.74, 6) is -1.25. The van der Waals surface area contributed by atoms with Crippen molar-refractivity contribution >= 4 is 12.3 Å². The van der Waals surface area contributed by atoms with Crippen molar-refractivity contribution in [3.05, 3.63) is 11.4 Å². The van der Waals surface area contributed by atoms with Gasteiger partial charge in [-0.05, 0) is 0 Å². The second kappa shape index (κ2) is 2.49. The highest BCUT2D eigenvalue weighted by Crippen LogP contribution is 1.97. The number of hydrogen-bond acceptors (Lipinski definition) is 4. The number of aldehydes is 1. The molecule has 0 spiro atoms. The first-order valence-corrected chi connectivity index (χ1v) is 2.75. The first-order chi connectivity index (χ1) is 5.15. The van der Waals surface area contributed by atoms with Gasteiger partial charge in [-0.2, -0.15) is 4.80 Å². The van der Waals surface area contributed by atoms with Gasteiger partial charge in [0.1, 0.15) is 0 Å². The SMILES string of the molecule is Cn1nc(C=O)c(C(=O)O)n1. The molecular weight excluding hydrogens is 150 g/mol. The first kappa shape index (κ1) is 7.39. The lowest BCUT2D eigenvalue weighted by Gasteiger charge is -1.81. The van der Waals surface area contributed by atoms with Gasteiger partial charge in [0.05, 0.1) is 0 Å². The number of aromatic carboxylic acids is 1. The highest BCUT2D eigenvalue weighted by Gasteiger charge is 2.15. The lowest BCUT2D eigenvalue weighted by Crippen LogP contribution is -2.01. The maximum atomic E-state index is 10.3. The lowest BCUT2D eigenvalue weighted by molar-refractivity contribution is 0.0687. The molecule has 1 aromatic rings. The molecule has 0 saturated carbocycles. The van der Waals surface area contributed by atoms with Crippen LogP contribution in [0.2, 0.25) is 0 Å². The first-order valence-electron chi connectivity index (χ1n) is 2.75. The van der Waals surface area contributed by atoms with E-state index in [1.54, 1.807) is 0 Å². The van der Waals surface area contributed by atoms with Crippen molar-refractivity contribution in [1.82, 2.24) is 15.0 Å². The van der Waals surface area contributed by atoms with Crippen LogP contribution in [0.3, 0.4) is 0 Å². The molecule has 1 aromatic heterocycles. The van der Waals surface area contributed by atoms with Gasteiger partial charge in [-0.1, -0.05) is 0 Å². The average Bonchev–Trinajstić information content (AvgIpc) is 2.30. The molecule has 58 valence electrons. The molecule has 11 heavy (non-hydrogen) atoms. The summed E-state index contributed by atoms with van der Waals surface area (Å²) in [6.45, 7) is 0. The molecule has 0 aliphatic heterocycles. The van der Waals surface area contributed by atoms with Crippen LogP contribution in [0.5, 0.6) is 0 Å². The zero-order chi connectivity index (χ0) is 8.43. The molecule has 6 nitrogen and oxygen atoms in total. The van der Waals surface area contributed by atoms with E-state index in [9.17, 15) is 9.59 Å². The predicted molar refractivity (Wildman–Crippen MR) is 33.3 cm³/mol. The minimum Gasteiger partial charge on any atom is -0.476 e. The number of aryl methyl sites for hydroxylation is 1. The van der Waals surface area contributed by atoms with Gasteiger partial charge in [0.2, 0.25) is 5.69 Å². The molecule has 0 aliphatic rings. The summed E-state index contributed by atoms with van der Waals surface area (Å²) in [5.41, 5.74) is -0.470. The van der Waals surface area contributed by atoms with Crippen LogP contribution in [0.1, 0.15) is 21.0 Å². The van der Waals surface area contributed by atoms with Gasteiger partial charge in [-0.3, -0.25) is 4.79 Å². The molecule has 0 amide bonds. The minimum absolute atomic E-state index is 0.153. The van der Waals surface area contributed by atoms with Gasteiger partial charge in [0.25, 0.3) is 0 Å². The van der Waals surface area contributed by atoms with Gasteiger partial charge in [-0.25, -0.2) is 4.79 Å². The van der Waals surface area contributed by atoms with Crippen LogP contribution in [0, 0.1) is 0 Å².